The summed E-state index contributed by atoms with van der Waals surface area (Å²) < 4.78 is 23.3. The average molecular weight is 311 g/mol. The number of aromatic nitrogens is 1. The van der Waals surface area contributed by atoms with Crippen LogP contribution in [0.1, 0.15) is 18.7 Å². The predicted octanol–water partition coefficient (Wildman–Crippen LogP) is 4.06. The summed E-state index contributed by atoms with van der Waals surface area (Å²) in [5, 5.41) is 3.72. The van der Waals surface area contributed by atoms with Crippen LogP contribution in [0.3, 0.4) is 0 Å². The van der Waals surface area contributed by atoms with Gasteiger partial charge >= 0.3 is 0 Å². The molecule has 1 heterocycles. The van der Waals surface area contributed by atoms with Crippen molar-refractivity contribution < 1.29 is 13.9 Å². The first-order valence-electron chi connectivity index (χ1n) is 6.34. The van der Waals surface area contributed by atoms with Gasteiger partial charge in [-0.05, 0) is 19.1 Å². The van der Waals surface area contributed by atoms with E-state index in [2.05, 4.69) is 10.3 Å². The van der Waals surface area contributed by atoms with Gasteiger partial charge < -0.3 is 14.8 Å². The number of hydrogen-bond donors (Lipinski definition) is 1. The molecule has 0 saturated carbocycles. The highest BCUT2D eigenvalue weighted by atomic mass is 35.5. The summed E-state index contributed by atoms with van der Waals surface area (Å²) in [6.07, 6.45) is 1.18. The van der Waals surface area contributed by atoms with Gasteiger partial charge in [0.25, 0.3) is 0 Å². The molecule has 0 amide bonds. The quantitative estimate of drug-likeness (QED) is 0.904. The fourth-order valence-corrected chi connectivity index (χ4v) is 2.12. The van der Waals surface area contributed by atoms with Gasteiger partial charge in [0.15, 0.2) is 11.5 Å². The van der Waals surface area contributed by atoms with Crippen molar-refractivity contribution in [3.05, 3.63) is 47.0 Å². The normalized spacial score (nSPS) is 11.9. The number of hydrogen-bond acceptors (Lipinski definition) is 4. The van der Waals surface area contributed by atoms with E-state index in [9.17, 15) is 4.39 Å². The summed E-state index contributed by atoms with van der Waals surface area (Å²) in [4.78, 5) is 4.04. The number of nitrogens with zero attached hydrogens (tertiary/aromatic N) is 1. The molecule has 1 aromatic heterocycles. The van der Waals surface area contributed by atoms with E-state index < -0.39 is 0 Å². The first-order valence-corrected chi connectivity index (χ1v) is 6.72. The molecule has 1 N–H and O–H groups in total. The number of nitrogens with one attached hydrogen (secondary N) is 1. The van der Waals surface area contributed by atoms with Crippen molar-refractivity contribution in [2.45, 2.75) is 13.0 Å². The zero-order chi connectivity index (χ0) is 15.4. The number of pyridine rings is 1. The zero-order valence-corrected chi connectivity index (χ0v) is 12.7. The molecule has 6 heteroatoms. The largest absolute Gasteiger partial charge is 0.493 e. The van der Waals surface area contributed by atoms with E-state index >= 15 is 0 Å². The second kappa shape index (κ2) is 6.63. The predicted molar refractivity (Wildman–Crippen MR) is 80.8 cm³/mol. The Bertz CT molecular complexity index is 620. The van der Waals surface area contributed by atoms with Gasteiger partial charge in [0, 0.05) is 12.1 Å². The second-order valence-electron chi connectivity index (χ2n) is 4.45. The highest BCUT2D eigenvalue weighted by Crippen LogP contribution is 2.37. The van der Waals surface area contributed by atoms with E-state index in [-0.39, 0.29) is 11.9 Å². The van der Waals surface area contributed by atoms with Gasteiger partial charge in [0.1, 0.15) is 5.82 Å². The molecule has 4 nitrogen and oxygen atoms in total. The van der Waals surface area contributed by atoms with Gasteiger partial charge in [0.2, 0.25) is 0 Å². The summed E-state index contributed by atoms with van der Waals surface area (Å²) >= 11 is 6.22. The van der Waals surface area contributed by atoms with E-state index in [1.807, 2.05) is 6.92 Å². The number of benzene rings is 1. The van der Waals surface area contributed by atoms with Crippen LogP contribution >= 0.6 is 11.6 Å². The van der Waals surface area contributed by atoms with Crippen molar-refractivity contribution in [1.29, 1.82) is 0 Å². The van der Waals surface area contributed by atoms with E-state index in [1.54, 1.807) is 32.4 Å². The molecule has 0 aliphatic heterocycles. The second-order valence-corrected chi connectivity index (χ2v) is 4.86. The Labute approximate surface area is 127 Å². The molecule has 0 radical (unpaired) electrons. The molecule has 21 heavy (non-hydrogen) atoms. The van der Waals surface area contributed by atoms with Crippen molar-refractivity contribution in [2.75, 3.05) is 19.5 Å². The van der Waals surface area contributed by atoms with Crippen LogP contribution in [0.5, 0.6) is 11.5 Å². The Balaban J connectivity index is 2.24. The van der Waals surface area contributed by atoms with Gasteiger partial charge in [-0.1, -0.05) is 11.6 Å². The molecule has 0 spiro atoms. The number of rotatable bonds is 5. The first kappa shape index (κ1) is 15.4. The Morgan fingerprint density at radius 2 is 1.86 bits per heavy atom. The van der Waals surface area contributed by atoms with Crippen LogP contribution in [-0.2, 0) is 0 Å². The van der Waals surface area contributed by atoms with E-state index in [0.29, 0.717) is 27.9 Å². The zero-order valence-electron chi connectivity index (χ0n) is 12.0. The van der Waals surface area contributed by atoms with Gasteiger partial charge in [0.05, 0.1) is 42.9 Å². The smallest absolute Gasteiger partial charge is 0.162 e. The molecule has 0 saturated heterocycles. The molecule has 0 fully saturated rings. The molecule has 2 rings (SSSR count). The van der Waals surface area contributed by atoms with Crippen LogP contribution in [0.4, 0.5) is 10.1 Å². The summed E-state index contributed by atoms with van der Waals surface area (Å²) in [6, 6.07) is 6.29. The summed E-state index contributed by atoms with van der Waals surface area (Å²) in [7, 11) is 3.10. The molecule has 112 valence electrons. The van der Waals surface area contributed by atoms with Crippen LogP contribution in [0.25, 0.3) is 0 Å². The molecule has 0 bridgehead atoms. The Hall–Kier alpha value is -2.01. The van der Waals surface area contributed by atoms with Gasteiger partial charge in [-0.15, -0.1) is 0 Å². The number of methoxy groups -OCH3 is 2. The third kappa shape index (κ3) is 3.55. The lowest BCUT2D eigenvalue weighted by atomic mass is 10.2. The van der Waals surface area contributed by atoms with E-state index in [4.69, 9.17) is 21.1 Å². The van der Waals surface area contributed by atoms with E-state index in [1.165, 1.54) is 12.3 Å². The SMILES string of the molecule is COc1cc(Cl)c(NC(C)c2ccc(F)cn2)cc1OC. The van der Waals surface area contributed by atoms with E-state index in [0.717, 1.165) is 0 Å². The molecule has 1 atom stereocenters. The van der Waals surface area contributed by atoms with Crippen molar-refractivity contribution in [2.24, 2.45) is 0 Å². The summed E-state index contributed by atoms with van der Waals surface area (Å²) in [6.45, 7) is 1.91. The Morgan fingerprint density at radius 1 is 1.19 bits per heavy atom. The summed E-state index contributed by atoms with van der Waals surface area (Å²) in [5.41, 5.74) is 1.40. The third-order valence-electron chi connectivity index (χ3n) is 3.04. The summed E-state index contributed by atoms with van der Waals surface area (Å²) in [5.74, 6) is 0.763. The number of ether oxygens (including phenoxy) is 2. The van der Waals surface area contributed by atoms with Gasteiger partial charge in [-0.3, -0.25) is 4.98 Å². The van der Waals surface area contributed by atoms with Crippen LogP contribution in [0.15, 0.2) is 30.5 Å². The lowest BCUT2D eigenvalue weighted by molar-refractivity contribution is 0.355. The van der Waals surface area contributed by atoms with Gasteiger partial charge in [-0.2, -0.15) is 0 Å². The van der Waals surface area contributed by atoms with Crippen molar-refractivity contribution in [3.8, 4) is 11.5 Å². The highest BCUT2D eigenvalue weighted by molar-refractivity contribution is 6.33. The minimum Gasteiger partial charge on any atom is -0.493 e. The maximum atomic E-state index is 12.9. The maximum Gasteiger partial charge on any atom is 0.162 e. The molecule has 0 aliphatic rings. The fourth-order valence-electron chi connectivity index (χ4n) is 1.92. The number of anilines is 1. The van der Waals surface area contributed by atoms with Crippen LogP contribution in [-0.4, -0.2) is 19.2 Å². The minimum atomic E-state index is -0.366. The molecule has 1 unspecified atom stereocenters. The molecule has 1 aromatic carbocycles. The average Bonchev–Trinajstić information content (AvgIpc) is 2.49. The van der Waals surface area contributed by atoms with Crippen molar-refractivity contribution >= 4 is 17.3 Å². The van der Waals surface area contributed by atoms with Crippen molar-refractivity contribution in [3.63, 3.8) is 0 Å². The first-order chi connectivity index (χ1) is 10.0. The minimum absolute atomic E-state index is 0.138. The maximum absolute atomic E-state index is 12.9. The molecule has 0 aliphatic carbocycles. The van der Waals surface area contributed by atoms with Crippen LogP contribution < -0.4 is 14.8 Å². The molecular formula is C15H16ClFN2O2. The standard InChI is InChI=1S/C15H16ClFN2O2/c1-9(12-5-4-10(17)8-18-12)19-13-7-15(21-3)14(20-2)6-11(13)16/h4-9,19H,1-3H3. The topological polar surface area (TPSA) is 43.4 Å². The lowest BCUT2D eigenvalue weighted by Gasteiger charge is -2.18. The van der Waals surface area contributed by atoms with Crippen LogP contribution in [0.2, 0.25) is 5.02 Å². The van der Waals surface area contributed by atoms with Crippen LogP contribution in [0, 0.1) is 5.82 Å². The third-order valence-corrected chi connectivity index (χ3v) is 3.35. The molecule has 2 aromatic rings. The van der Waals surface area contributed by atoms with Gasteiger partial charge in [-0.25, -0.2) is 4.39 Å². The highest BCUT2D eigenvalue weighted by Gasteiger charge is 2.13. The number of halogens is 2. The monoisotopic (exact) mass is 310 g/mol. The Morgan fingerprint density at radius 3 is 2.43 bits per heavy atom. The van der Waals surface area contributed by atoms with Crippen molar-refractivity contribution in [1.82, 2.24) is 4.98 Å². The Kier molecular flexibility index (Phi) is 4.85. The lowest BCUT2D eigenvalue weighted by Crippen LogP contribution is -2.09. The molecular weight excluding hydrogens is 295 g/mol. The fraction of sp³-hybridized carbons (Fsp3) is 0.267.